The number of likely N-dealkylation sites (N-methyl/N-ethyl adjacent to an activating group) is 1. The van der Waals surface area contributed by atoms with Gasteiger partial charge in [0.25, 0.3) is 0 Å². The Morgan fingerprint density at radius 3 is 2.09 bits per heavy atom. The van der Waals surface area contributed by atoms with Crippen LogP contribution in [-0.2, 0) is 30.1 Å². The number of benzene rings is 4. The van der Waals surface area contributed by atoms with Crippen LogP contribution in [0.3, 0.4) is 0 Å². The highest BCUT2D eigenvalue weighted by molar-refractivity contribution is 6.03. The Morgan fingerprint density at radius 1 is 0.764 bits per heavy atom. The molecule has 0 radical (unpaired) electrons. The van der Waals surface area contributed by atoms with Gasteiger partial charge in [0.1, 0.15) is 24.3 Å². The summed E-state index contributed by atoms with van der Waals surface area (Å²) < 4.78 is 9.76. The molecule has 2 heterocycles. The average Bonchev–Trinajstić information content (AvgIpc) is 3.48. The highest BCUT2D eigenvalue weighted by atomic mass is 16.5. The van der Waals surface area contributed by atoms with E-state index in [0.29, 0.717) is 12.2 Å². The largest absolute Gasteiger partial charge is 0.507 e. The van der Waals surface area contributed by atoms with Crippen LogP contribution in [0.4, 0.5) is 11.4 Å². The molecule has 0 saturated carbocycles. The molecule has 4 heteroatoms. The van der Waals surface area contributed by atoms with Crippen molar-refractivity contribution in [3.63, 3.8) is 0 Å². The topological polar surface area (TPSA) is 35.7 Å². The van der Waals surface area contributed by atoms with Crippen LogP contribution in [0.1, 0.15) is 105 Å². The molecule has 0 bridgehead atoms. The van der Waals surface area contributed by atoms with E-state index in [1.54, 1.807) is 0 Å². The maximum Gasteiger partial charge on any atom is 0.209 e. The van der Waals surface area contributed by atoms with Gasteiger partial charge in [0.05, 0.1) is 5.41 Å². The van der Waals surface area contributed by atoms with Gasteiger partial charge >= 0.3 is 0 Å². The van der Waals surface area contributed by atoms with Crippen LogP contribution in [0.25, 0.3) is 0 Å². The van der Waals surface area contributed by atoms with Gasteiger partial charge in [-0.15, -0.1) is 0 Å². The minimum atomic E-state index is -0.124. The molecular formula is C51H59N2O2+. The third kappa shape index (κ3) is 6.90. The second-order valence-corrected chi connectivity index (χ2v) is 16.9. The summed E-state index contributed by atoms with van der Waals surface area (Å²) in [6, 6.07) is 26.3. The number of phenols is 1. The zero-order valence-electron chi connectivity index (χ0n) is 34.7. The van der Waals surface area contributed by atoms with Gasteiger partial charge in [0, 0.05) is 48.0 Å². The van der Waals surface area contributed by atoms with Crippen molar-refractivity contribution in [3.05, 3.63) is 164 Å². The fraction of sp³-hybridized carbons (Fsp3) is 0.353. The minimum absolute atomic E-state index is 0.124. The number of aromatic hydroxyl groups is 1. The molecule has 4 aromatic carbocycles. The minimum Gasteiger partial charge on any atom is -0.507 e. The van der Waals surface area contributed by atoms with Gasteiger partial charge in [-0.3, -0.25) is 0 Å². The summed E-state index contributed by atoms with van der Waals surface area (Å²) in [6.45, 7) is 17.9. The second-order valence-electron chi connectivity index (χ2n) is 16.9. The number of hydrogen-bond donors (Lipinski definition) is 1. The quantitative estimate of drug-likeness (QED) is 0.174. The van der Waals surface area contributed by atoms with Gasteiger partial charge in [-0.1, -0.05) is 106 Å². The van der Waals surface area contributed by atoms with Crippen molar-refractivity contribution in [1.82, 2.24) is 0 Å². The number of phenolic OH excluding ortho intramolecular Hbond substituents is 1. The summed E-state index contributed by atoms with van der Waals surface area (Å²) >= 11 is 0. The molecule has 1 aliphatic carbocycles. The van der Waals surface area contributed by atoms with Crippen molar-refractivity contribution in [2.75, 3.05) is 19.0 Å². The van der Waals surface area contributed by atoms with E-state index in [9.17, 15) is 5.11 Å². The molecule has 0 saturated heterocycles. The number of fused-ring (bicyclic) bond motifs is 2. The Hall–Kier alpha value is -5.09. The number of allylic oxidation sites excluding steroid dienone is 7. The molecule has 0 amide bonds. The zero-order chi connectivity index (χ0) is 39.2. The van der Waals surface area contributed by atoms with Crippen LogP contribution < -0.4 is 9.64 Å². The van der Waals surface area contributed by atoms with Crippen LogP contribution in [0.15, 0.2) is 120 Å². The third-order valence-corrected chi connectivity index (χ3v) is 12.4. The molecule has 0 spiro atoms. The van der Waals surface area contributed by atoms with Crippen LogP contribution in [0.2, 0.25) is 0 Å². The van der Waals surface area contributed by atoms with E-state index < -0.39 is 0 Å². The molecule has 55 heavy (non-hydrogen) atoms. The molecule has 0 unspecified atom stereocenters. The monoisotopic (exact) mass is 731 g/mol. The van der Waals surface area contributed by atoms with Gasteiger partial charge < -0.3 is 14.7 Å². The van der Waals surface area contributed by atoms with E-state index >= 15 is 0 Å². The van der Waals surface area contributed by atoms with Crippen molar-refractivity contribution in [1.29, 1.82) is 0 Å². The predicted molar refractivity (Wildman–Crippen MR) is 231 cm³/mol. The van der Waals surface area contributed by atoms with Crippen molar-refractivity contribution in [2.24, 2.45) is 0 Å². The van der Waals surface area contributed by atoms with E-state index in [-0.39, 0.29) is 10.8 Å². The van der Waals surface area contributed by atoms with Gasteiger partial charge in [0.15, 0.2) is 5.71 Å². The summed E-state index contributed by atoms with van der Waals surface area (Å²) in [5.74, 6) is 2.27. The SMILES string of the molecule is CCc1cc(C)cc(Cc2cc(C)cc(CC)c2OC2=C(C=CC3=[N+](C)c4ccccc4C3(C)C)CCCC2=CC=C2N(C)c3ccccc3C2(C)C)c1O. The molecular weight excluding hydrogens is 673 g/mol. The summed E-state index contributed by atoms with van der Waals surface area (Å²) in [4.78, 5) is 2.35. The molecule has 0 aromatic heterocycles. The van der Waals surface area contributed by atoms with Gasteiger partial charge in [-0.2, -0.15) is 4.58 Å². The van der Waals surface area contributed by atoms with Gasteiger partial charge in [-0.25, -0.2) is 0 Å². The van der Waals surface area contributed by atoms with E-state index in [1.807, 2.05) is 0 Å². The average molecular weight is 732 g/mol. The van der Waals surface area contributed by atoms with Crippen molar-refractivity contribution in [3.8, 4) is 11.5 Å². The van der Waals surface area contributed by atoms with E-state index in [2.05, 4.69) is 176 Å². The fourth-order valence-electron chi connectivity index (χ4n) is 9.41. The van der Waals surface area contributed by atoms with Crippen molar-refractivity contribution in [2.45, 2.75) is 105 Å². The summed E-state index contributed by atoms with van der Waals surface area (Å²) in [5, 5.41) is 11.4. The van der Waals surface area contributed by atoms with E-state index in [1.165, 1.54) is 56.2 Å². The van der Waals surface area contributed by atoms with Crippen LogP contribution in [-0.4, -0.2) is 29.5 Å². The highest BCUT2D eigenvalue weighted by Gasteiger charge is 2.43. The number of anilines is 1. The summed E-state index contributed by atoms with van der Waals surface area (Å²) in [7, 11) is 4.37. The number of ether oxygens (including phenoxy) is 1. The Kier molecular flexibility index (Phi) is 10.3. The molecule has 2 aliphatic heterocycles. The molecule has 4 nitrogen and oxygen atoms in total. The normalized spacial score (nSPS) is 18.9. The molecule has 3 aliphatic rings. The maximum absolute atomic E-state index is 11.4. The van der Waals surface area contributed by atoms with E-state index in [4.69, 9.17) is 4.74 Å². The summed E-state index contributed by atoms with van der Waals surface area (Å²) in [6.07, 6.45) is 14.5. The number of para-hydroxylation sites is 2. The molecule has 0 fully saturated rings. The third-order valence-electron chi connectivity index (χ3n) is 12.4. The lowest BCUT2D eigenvalue weighted by molar-refractivity contribution is -0.401. The zero-order valence-corrected chi connectivity index (χ0v) is 34.7. The highest BCUT2D eigenvalue weighted by Crippen LogP contribution is 2.47. The van der Waals surface area contributed by atoms with Crippen LogP contribution in [0, 0.1) is 13.8 Å². The first kappa shape index (κ1) is 38.2. The molecule has 284 valence electrons. The second kappa shape index (κ2) is 14.9. The van der Waals surface area contributed by atoms with Gasteiger partial charge in [0.2, 0.25) is 5.69 Å². The lowest BCUT2D eigenvalue weighted by atomic mass is 9.81. The van der Waals surface area contributed by atoms with Crippen molar-refractivity contribution < 1.29 is 14.4 Å². The van der Waals surface area contributed by atoms with Crippen LogP contribution >= 0.6 is 0 Å². The van der Waals surface area contributed by atoms with Gasteiger partial charge in [-0.05, 0) is 117 Å². The van der Waals surface area contributed by atoms with E-state index in [0.717, 1.165) is 65.9 Å². The van der Waals surface area contributed by atoms with Crippen LogP contribution in [0.5, 0.6) is 11.5 Å². The molecule has 7 rings (SSSR count). The van der Waals surface area contributed by atoms with Crippen molar-refractivity contribution >= 4 is 17.1 Å². The number of hydrogen-bond acceptors (Lipinski definition) is 3. The first-order valence-electron chi connectivity index (χ1n) is 20.2. The Morgan fingerprint density at radius 2 is 1.40 bits per heavy atom. The Labute approximate surface area is 329 Å². The standard InChI is InChI=1S/C51H58N2O2/c1-11-35-28-33(3)30-39(47(35)54)32-40-31-34(4)29-36(12-2)48(40)55-49-37(24-26-45-50(5,6)41-20-13-15-22-43(41)52(45)9)18-17-19-38(49)25-27-46-51(7,8)42-21-14-16-23-44(42)53(46)10/h13-16,20-31H,11-12,17-19,32H2,1-10H3/p+1. The number of nitrogens with zero attached hydrogens (tertiary/aromatic N) is 2. The first-order valence-corrected chi connectivity index (χ1v) is 20.2. The molecule has 0 atom stereocenters. The Bertz CT molecular complexity index is 2330. The summed E-state index contributed by atoms with van der Waals surface area (Å²) in [5.41, 5.74) is 16.6. The number of aryl methyl sites for hydroxylation is 4. The smallest absolute Gasteiger partial charge is 0.209 e. The first-order chi connectivity index (χ1) is 26.3. The lowest BCUT2D eigenvalue weighted by Gasteiger charge is -2.26. The lowest BCUT2D eigenvalue weighted by Crippen LogP contribution is -2.26. The molecule has 1 N–H and O–H groups in total. The number of rotatable bonds is 9. The maximum atomic E-state index is 11.4. The fourth-order valence-corrected chi connectivity index (χ4v) is 9.41. The Balaban J connectivity index is 1.37. The predicted octanol–water partition coefficient (Wildman–Crippen LogP) is 12.0. The molecule has 4 aromatic rings.